The number of benzene rings is 1. The smallest absolute Gasteiger partial charge is 0.176 e. The fourth-order valence-electron chi connectivity index (χ4n) is 1.35. The zero-order chi connectivity index (χ0) is 10.6. The Balaban J connectivity index is 2.95. The lowest BCUT2D eigenvalue weighted by molar-refractivity contribution is -0.116. The summed E-state index contributed by atoms with van der Waals surface area (Å²) in [6, 6.07) is 7.63. The van der Waals surface area contributed by atoms with E-state index in [2.05, 4.69) is 11.9 Å². The number of likely N-dealkylation sites (N-methyl/N-ethyl adjacent to an activating group) is 1. The second kappa shape index (κ2) is 4.72. The zero-order valence-electron chi connectivity index (χ0n) is 8.58. The maximum Gasteiger partial charge on any atom is 0.176 e. The molecule has 0 bridgehead atoms. The van der Waals surface area contributed by atoms with Crippen LogP contribution in [0.25, 0.3) is 0 Å². The zero-order valence-corrected chi connectivity index (χ0v) is 8.58. The predicted octanol–water partition coefficient (Wildman–Crippen LogP) is 2.01. The molecule has 0 aromatic heterocycles. The number of hydrogen-bond acceptors (Lipinski definition) is 2. The van der Waals surface area contributed by atoms with Gasteiger partial charge in [0, 0.05) is 0 Å². The SMILES string of the molecule is C=CC(=O)C(NC)c1ccc(C)cc1. The second-order valence-electron chi connectivity index (χ2n) is 3.24. The van der Waals surface area contributed by atoms with Crippen LogP contribution in [0.1, 0.15) is 17.2 Å². The standard InChI is InChI=1S/C12H15NO/c1-4-11(14)12(13-3)10-7-5-9(2)6-8-10/h4-8,12-13H,1H2,2-3H3. The molecule has 0 radical (unpaired) electrons. The molecular formula is C12H15NO. The number of ketones is 1. The van der Waals surface area contributed by atoms with Gasteiger partial charge in [0.15, 0.2) is 5.78 Å². The van der Waals surface area contributed by atoms with Gasteiger partial charge in [-0.1, -0.05) is 36.4 Å². The summed E-state index contributed by atoms with van der Waals surface area (Å²) in [5, 5.41) is 2.97. The molecule has 74 valence electrons. The van der Waals surface area contributed by atoms with Crippen LogP contribution in [0.3, 0.4) is 0 Å². The van der Waals surface area contributed by atoms with Crippen molar-refractivity contribution < 1.29 is 4.79 Å². The van der Waals surface area contributed by atoms with Crippen molar-refractivity contribution in [1.29, 1.82) is 0 Å². The molecule has 1 N–H and O–H groups in total. The van der Waals surface area contributed by atoms with E-state index in [1.807, 2.05) is 31.2 Å². The van der Waals surface area contributed by atoms with Gasteiger partial charge in [-0.3, -0.25) is 4.79 Å². The third-order valence-electron chi connectivity index (χ3n) is 2.19. The van der Waals surface area contributed by atoms with Gasteiger partial charge in [-0.25, -0.2) is 0 Å². The Hall–Kier alpha value is -1.41. The third-order valence-corrected chi connectivity index (χ3v) is 2.19. The molecule has 0 spiro atoms. The van der Waals surface area contributed by atoms with Crippen molar-refractivity contribution in [3.63, 3.8) is 0 Å². The van der Waals surface area contributed by atoms with Crippen molar-refractivity contribution in [1.82, 2.24) is 5.32 Å². The topological polar surface area (TPSA) is 29.1 Å². The first-order valence-corrected chi connectivity index (χ1v) is 4.59. The Labute approximate surface area is 84.6 Å². The Morgan fingerprint density at radius 3 is 2.43 bits per heavy atom. The molecule has 0 aliphatic heterocycles. The average molecular weight is 189 g/mol. The van der Waals surface area contributed by atoms with Gasteiger partial charge in [0.25, 0.3) is 0 Å². The van der Waals surface area contributed by atoms with E-state index < -0.39 is 0 Å². The van der Waals surface area contributed by atoms with Gasteiger partial charge in [0.05, 0.1) is 6.04 Å². The molecule has 0 fully saturated rings. The summed E-state index contributed by atoms with van der Waals surface area (Å²) in [4.78, 5) is 11.4. The summed E-state index contributed by atoms with van der Waals surface area (Å²) in [6.45, 7) is 5.50. The van der Waals surface area contributed by atoms with E-state index in [0.717, 1.165) is 5.56 Å². The largest absolute Gasteiger partial charge is 0.307 e. The van der Waals surface area contributed by atoms with E-state index in [0.29, 0.717) is 0 Å². The molecule has 0 amide bonds. The van der Waals surface area contributed by atoms with Crippen LogP contribution < -0.4 is 5.32 Å². The van der Waals surface area contributed by atoms with E-state index >= 15 is 0 Å². The summed E-state index contributed by atoms with van der Waals surface area (Å²) in [5.74, 6) is -0.00338. The van der Waals surface area contributed by atoms with E-state index in [1.165, 1.54) is 11.6 Å². The number of carbonyl (C=O) groups excluding carboxylic acids is 1. The lowest BCUT2D eigenvalue weighted by Gasteiger charge is -2.13. The predicted molar refractivity (Wildman–Crippen MR) is 58.2 cm³/mol. The fraction of sp³-hybridized carbons (Fsp3) is 0.250. The molecule has 2 heteroatoms. The summed E-state index contributed by atoms with van der Waals surface area (Å²) >= 11 is 0. The van der Waals surface area contributed by atoms with Crippen molar-refractivity contribution in [2.45, 2.75) is 13.0 Å². The summed E-state index contributed by atoms with van der Waals surface area (Å²) < 4.78 is 0. The van der Waals surface area contributed by atoms with Crippen LogP contribution in [0.5, 0.6) is 0 Å². The highest BCUT2D eigenvalue weighted by molar-refractivity contribution is 5.94. The van der Waals surface area contributed by atoms with Crippen LogP contribution in [0, 0.1) is 6.92 Å². The Bertz CT molecular complexity index is 327. The number of rotatable bonds is 4. The highest BCUT2D eigenvalue weighted by Crippen LogP contribution is 2.14. The van der Waals surface area contributed by atoms with Gasteiger partial charge in [0.1, 0.15) is 0 Å². The number of nitrogens with one attached hydrogen (secondary N) is 1. The average Bonchev–Trinajstić information content (AvgIpc) is 2.21. The Morgan fingerprint density at radius 1 is 1.43 bits per heavy atom. The van der Waals surface area contributed by atoms with Crippen LogP contribution in [0.4, 0.5) is 0 Å². The van der Waals surface area contributed by atoms with Crippen molar-refractivity contribution >= 4 is 5.78 Å². The molecule has 0 aliphatic carbocycles. The molecule has 1 rings (SSSR count). The summed E-state index contributed by atoms with van der Waals surface area (Å²) in [7, 11) is 1.77. The van der Waals surface area contributed by atoms with Gasteiger partial charge in [-0.15, -0.1) is 0 Å². The fourth-order valence-corrected chi connectivity index (χ4v) is 1.35. The van der Waals surface area contributed by atoms with Crippen molar-refractivity contribution in [2.24, 2.45) is 0 Å². The normalized spacial score (nSPS) is 12.1. The van der Waals surface area contributed by atoms with Crippen LogP contribution >= 0.6 is 0 Å². The molecule has 1 atom stereocenters. The van der Waals surface area contributed by atoms with Crippen molar-refractivity contribution in [3.8, 4) is 0 Å². The summed E-state index contributed by atoms with van der Waals surface area (Å²) in [6.07, 6.45) is 1.35. The molecular weight excluding hydrogens is 174 g/mol. The maximum atomic E-state index is 11.4. The molecule has 1 aromatic rings. The second-order valence-corrected chi connectivity index (χ2v) is 3.24. The summed E-state index contributed by atoms with van der Waals surface area (Å²) in [5.41, 5.74) is 2.16. The quantitative estimate of drug-likeness (QED) is 0.734. The molecule has 0 heterocycles. The maximum absolute atomic E-state index is 11.4. The third kappa shape index (κ3) is 2.30. The van der Waals surface area contributed by atoms with Crippen LogP contribution in [-0.2, 0) is 4.79 Å². The monoisotopic (exact) mass is 189 g/mol. The highest BCUT2D eigenvalue weighted by atomic mass is 16.1. The molecule has 14 heavy (non-hydrogen) atoms. The molecule has 0 aliphatic rings. The molecule has 0 saturated heterocycles. The highest BCUT2D eigenvalue weighted by Gasteiger charge is 2.14. The van der Waals surface area contributed by atoms with Gasteiger partial charge in [-0.05, 0) is 25.6 Å². The minimum atomic E-state index is -0.270. The molecule has 1 aromatic carbocycles. The lowest BCUT2D eigenvalue weighted by Crippen LogP contribution is -2.23. The van der Waals surface area contributed by atoms with E-state index in [4.69, 9.17) is 0 Å². The van der Waals surface area contributed by atoms with Crippen molar-refractivity contribution in [2.75, 3.05) is 7.05 Å². The van der Waals surface area contributed by atoms with Crippen LogP contribution in [0.15, 0.2) is 36.9 Å². The first-order chi connectivity index (χ1) is 6.69. The Morgan fingerprint density at radius 2 is 2.00 bits per heavy atom. The number of aryl methyl sites for hydroxylation is 1. The first-order valence-electron chi connectivity index (χ1n) is 4.59. The molecule has 2 nitrogen and oxygen atoms in total. The van der Waals surface area contributed by atoms with Crippen LogP contribution in [-0.4, -0.2) is 12.8 Å². The minimum Gasteiger partial charge on any atom is -0.307 e. The van der Waals surface area contributed by atoms with E-state index in [9.17, 15) is 4.79 Å². The van der Waals surface area contributed by atoms with E-state index in [-0.39, 0.29) is 11.8 Å². The Kier molecular flexibility index (Phi) is 3.60. The van der Waals surface area contributed by atoms with Gasteiger partial charge in [-0.2, -0.15) is 0 Å². The lowest BCUT2D eigenvalue weighted by atomic mass is 10.0. The number of carbonyl (C=O) groups is 1. The van der Waals surface area contributed by atoms with Gasteiger partial charge in [0.2, 0.25) is 0 Å². The van der Waals surface area contributed by atoms with Crippen LogP contribution in [0.2, 0.25) is 0 Å². The molecule has 0 saturated carbocycles. The first kappa shape index (κ1) is 10.7. The van der Waals surface area contributed by atoms with Gasteiger partial charge >= 0.3 is 0 Å². The van der Waals surface area contributed by atoms with E-state index in [1.54, 1.807) is 7.05 Å². The molecule has 1 unspecified atom stereocenters. The number of hydrogen-bond donors (Lipinski definition) is 1. The van der Waals surface area contributed by atoms with Gasteiger partial charge < -0.3 is 5.32 Å². The van der Waals surface area contributed by atoms with Crippen molar-refractivity contribution in [3.05, 3.63) is 48.0 Å². The minimum absolute atomic E-state index is 0.00338.